The third-order valence-corrected chi connectivity index (χ3v) is 5.86. The maximum absolute atomic E-state index is 13.1. The van der Waals surface area contributed by atoms with E-state index in [9.17, 15) is 9.59 Å². The maximum Gasteiger partial charge on any atom is 0.243 e. The van der Waals surface area contributed by atoms with Gasteiger partial charge in [-0.05, 0) is 43.4 Å². The highest BCUT2D eigenvalue weighted by Crippen LogP contribution is 2.44. The molecular weight excluding hydrogens is 350 g/mol. The van der Waals surface area contributed by atoms with Crippen LogP contribution in [0.1, 0.15) is 38.2 Å². The largest absolute Gasteiger partial charge is 0.336 e. The second-order valence-electron chi connectivity index (χ2n) is 7.45. The van der Waals surface area contributed by atoms with Gasteiger partial charge in [-0.3, -0.25) is 9.59 Å². The highest BCUT2D eigenvalue weighted by molar-refractivity contribution is 5.96. The second-order valence-corrected chi connectivity index (χ2v) is 7.45. The van der Waals surface area contributed by atoms with E-state index in [1.165, 1.54) is 6.42 Å². The number of benzene rings is 1. The molecule has 6 heteroatoms. The van der Waals surface area contributed by atoms with Gasteiger partial charge >= 0.3 is 0 Å². The summed E-state index contributed by atoms with van der Waals surface area (Å²) < 4.78 is 0. The number of carbonyl (C=O) groups excluding carboxylic acids is 2. The molecule has 1 aromatic carbocycles. The summed E-state index contributed by atoms with van der Waals surface area (Å²) >= 11 is 0. The molecule has 2 fully saturated rings. The Morgan fingerprint density at radius 3 is 2.85 bits per heavy atom. The van der Waals surface area contributed by atoms with Crippen molar-refractivity contribution in [1.29, 1.82) is 0 Å². The Bertz CT molecular complexity index is 652. The Kier molecular flexibility index (Phi) is 7.07. The first-order valence-corrected chi connectivity index (χ1v) is 9.41. The smallest absolute Gasteiger partial charge is 0.243 e. The minimum Gasteiger partial charge on any atom is -0.336 e. The third-order valence-electron chi connectivity index (χ3n) is 5.86. The van der Waals surface area contributed by atoms with Gasteiger partial charge < -0.3 is 15.5 Å². The number of carbonyl (C=O) groups is 2. The van der Waals surface area contributed by atoms with Gasteiger partial charge in [-0.1, -0.05) is 38.0 Å². The van der Waals surface area contributed by atoms with E-state index < -0.39 is 0 Å². The van der Waals surface area contributed by atoms with Crippen LogP contribution in [0.3, 0.4) is 0 Å². The van der Waals surface area contributed by atoms with Crippen LogP contribution in [0.25, 0.3) is 0 Å². The molecule has 1 saturated carbocycles. The summed E-state index contributed by atoms with van der Waals surface area (Å²) in [5.41, 5.74) is 1.65. The van der Waals surface area contributed by atoms with Gasteiger partial charge in [0.1, 0.15) is 0 Å². The summed E-state index contributed by atoms with van der Waals surface area (Å²) in [6.07, 6.45) is 5.23. The van der Waals surface area contributed by atoms with Crippen LogP contribution in [-0.4, -0.2) is 43.4 Å². The molecule has 2 N–H and O–H groups in total. The summed E-state index contributed by atoms with van der Waals surface area (Å²) in [4.78, 5) is 27.2. The molecule has 144 valence electrons. The number of aryl methyl sites for hydroxylation is 1. The van der Waals surface area contributed by atoms with E-state index in [2.05, 4.69) is 17.6 Å². The number of nitrogens with zero attached hydrogens (tertiary/aromatic N) is 1. The summed E-state index contributed by atoms with van der Waals surface area (Å²) in [6, 6.07) is 7.81. The van der Waals surface area contributed by atoms with Gasteiger partial charge in [0.15, 0.2) is 0 Å². The molecule has 1 aromatic rings. The molecule has 5 nitrogen and oxygen atoms in total. The van der Waals surface area contributed by atoms with Crippen molar-refractivity contribution in [3.63, 3.8) is 0 Å². The monoisotopic (exact) mass is 379 g/mol. The van der Waals surface area contributed by atoms with Crippen LogP contribution < -0.4 is 10.6 Å². The fraction of sp³-hybridized carbons (Fsp3) is 0.600. The Morgan fingerprint density at radius 1 is 1.31 bits per heavy atom. The predicted octanol–water partition coefficient (Wildman–Crippen LogP) is 2.85. The normalized spacial score (nSPS) is 24.3. The van der Waals surface area contributed by atoms with Gasteiger partial charge in [-0.25, -0.2) is 0 Å². The van der Waals surface area contributed by atoms with Gasteiger partial charge in [0.05, 0.1) is 12.0 Å². The number of anilines is 1. The van der Waals surface area contributed by atoms with Crippen LogP contribution in [0.4, 0.5) is 5.69 Å². The lowest BCUT2D eigenvalue weighted by atomic mass is 9.67. The van der Waals surface area contributed by atoms with Crippen LogP contribution in [-0.2, 0) is 16.0 Å². The van der Waals surface area contributed by atoms with E-state index in [1.807, 2.05) is 24.3 Å². The molecule has 1 saturated heterocycles. The molecule has 0 radical (unpaired) electrons. The molecule has 1 heterocycles. The number of rotatable bonds is 5. The van der Waals surface area contributed by atoms with E-state index in [0.717, 1.165) is 50.0 Å². The number of fused-ring (bicyclic) bond motifs is 1. The van der Waals surface area contributed by atoms with E-state index >= 15 is 0 Å². The van der Waals surface area contributed by atoms with Gasteiger partial charge in [-0.2, -0.15) is 0 Å². The summed E-state index contributed by atoms with van der Waals surface area (Å²) in [5, 5.41) is 6.36. The lowest BCUT2D eigenvalue weighted by Crippen LogP contribution is -2.50. The van der Waals surface area contributed by atoms with Gasteiger partial charge in [0, 0.05) is 19.3 Å². The number of para-hydroxylation sites is 1. The molecule has 1 aliphatic carbocycles. The van der Waals surface area contributed by atoms with E-state index in [-0.39, 0.29) is 36.2 Å². The van der Waals surface area contributed by atoms with Gasteiger partial charge in [0.25, 0.3) is 0 Å². The number of halogens is 1. The Hall–Kier alpha value is -1.59. The number of nitrogens with one attached hydrogen (secondary N) is 2. The molecule has 0 unspecified atom stereocenters. The Morgan fingerprint density at radius 2 is 2.08 bits per heavy atom. The first-order chi connectivity index (χ1) is 12.1. The van der Waals surface area contributed by atoms with Crippen molar-refractivity contribution in [3.05, 3.63) is 29.8 Å². The van der Waals surface area contributed by atoms with Crippen LogP contribution in [0.5, 0.6) is 0 Å². The van der Waals surface area contributed by atoms with Gasteiger partial charge in [0.2, 0.25) is 11.8 Å². The molecule has 2 atom stereocenters. The van der Waals surface area contributed by atoms with Gasteiger partial charge in [-0.15, -0.1) is 12.4 Å². The van der Waals surface area contributed by atoms with Crippen molar-refractivity contribution in [2.45, 2.75) is 39.0 Å². The van der Waals surface area contributed by atoms with Crippen LogP contribution in [0.2, 0.25) is 0 Å². The number of hydrogen-bond donors (Lipinski definition) is 2. The molecule has 26 heavy (non-hydrogen) atoms. The van der Waals surface area contributed by atoms with Crippen molar-refractivity contribution in [1.82, 2.24) is 10.2 Å². The fourth-order valence-corrected chi connectivity index (χ4v) is 4.48. The summed E-state index contributed by atoms with van der Waals surface area (Å²) in [7, 11) is 1.76. The van der Waals surface area contributed by atoms with Crippen LogP contribution in [0.15, 0.2) is 24.3 Å². The molecule has 1 aliphatic heterocycles. The Balaban J connectivity index is 0.00000243. The minimum atomic E-state index is -0.297. The number of amides is 2. The zero-order valence-electron chi connectivity index (χ0n) is 15.7. The fourth-order valence-electron chi connectivity index (χ4n) is 4.48. The molecular formula is C20H30ClN3O2. The molecule has 2 amide bonds. The van der Waals surface area contributed by atoms with Crippen molar-refractivity contribution in [2.24, 2.45) is 11.3 Å². The average molecular weight is 380 g/mol. The predicted molar refractivity (Wildman–Crippen MR) is 107 cm³/mol. The first kappa shape index (κ1) is 20.7. The SMILES string of the molecule is CCc1ccccc1NC(=O)CN(C)C(=O)[C@@]12CCCC[C@H]1CNC2.Cl. The quantitative estimate of drug-likeness (QED) is 0.826. The van der Waals surface area contributed by atoms with Crippen molar-refractivity contribution in [3.8, 4) is 0 Å². The maximum atomic E-state index is 13.1. The summed E-state index contributed by atoms with van der Waals surface area (Å²) in [5.74, 6) is 0.410. The highest BCUT2D eigenvalue weighted by Gasteiger charge is 2.50. The number of likely N-dealkylation sites (N-methyl/N-ethyl adjacent to an activating group) is 1. The standard InChI is InChI=1S/C20H29N3O2.ClH/c1-3-15-8-4-5-10-17(15)22-18(24)13-23(2)19(25)20-11-7-6-9-16(20)12-21-14-20;/h4-5,8,10,16,21H,3,6-7,9,11-14H2,1-2H3,(H,22,24);1H/t16-,20+;/m0./s1. The zero-order valence-corrected chi connectivity index (χ0v) is 16.5. The topological polar surface area (TPSA) is 61.4 Å². The number of hydrogen-bond acceptors (Lipinski definition) is 3. The molecule has 3 rings (SSSR count). The molecule has 2 aliphatic rings. The second kappa shape index (κ2) is 8.87. The molecule has 0 aromatic heterocycles. The molecule has 0 spiro atoms. The lowest BCUT2D eigenvalue weighted by molar-refractivity contribution is -0.145. The van der Waals surface area contributed by atoms with E-state index in [4.69, 9.17) is 0 Å². The zero-order chi connectivity index (χ0) is 17.9. The van der Waals surface area contributed by atoms with Crippen molar-refractivity contribution in [2.75, 3.05) is 32.0 Å². The van der Waals surface area contributed by atoms with Crippen LogP contribution in [0, 0.1) is 11.3 Å². The average Bonchev–Trinajstić information content (AvgIpc) is 3.06. The summed E-state index contributed by atoms with van der Waals surface area (Å²) in [6.45, 7) is 3.85. The third kappa shape index (κ3) is 4.04. The molecule has 0 bridgehead atoms. The van der Waals surface area contributed by atoms with E-state index in [0.29, 0.717) is 5.92 Å². The van der Waals surface area contributed by atoms with Crippen molar-refractivity contribution < 1.29 is 9.59 Å². The van der Waals surface area contributed by atoms with Crippen molar-refractivity contribution >= 4 is 29.9 Å². The first-order valence-electron chi connectivity index (χ1n) is 9.41. The highest BCUT2D eigenvalue weighted by atomic mass is 35.5. The Labute approximate surface area is 162 Å². The minimum absolute atomic E-state index is 0. The lowest BCUT2D eigenvalue weighted by Gasteiger charge is -2.39. The van der Waals surface area contributed by atoms with Crippen LogP contribution >= 0.6 is 12.4 Å². The van der Waals surface area contributed by atoms with E-state index in [1.54, 1.807) is 11.9 Å².